The first-order valence-corrected chi connectivity index (χ1v) is 12.5. The lowest BCUT2D eigenvalue weighted by atomic mass is 10.2. The van der Waals surface area contributed by atoms with Crippen molar-refractivity contribution in [1.82, 2.24) is 4.90 Å². The molecule has 0 aromatic heterocycles. The number of hydrogen-bond acceptors (Lipinski definition) is 4. The molecule has 0 N–H and O–H groups in total. The highest BCUT2D eigenvalue weighted by Crippen LogP contribution is 2.38. The van der Waals surface area contributed by atoms with Crippen molar-refractivity contribution in [3.63, 3.8) is 0 Å². The van der Waals surface area contributed by atoms with E-state index in [0.717, 1.165) is 16.7 Å². The van der Waals surface area contributed by atoms with Crippen LogP contribution in [0.5, 0.6) is 5.75 Å². The van der Waals surface area contributed by atoms with Crippen LogP contribution in [0.1, 0.15) is 16.7 Å². The number of benzene rings is 3. The average molecular weight is 611 g/mol. The third-order valence-electron chi connectivity index (χ3n) is 4.74. The number of thioether (sulfide) groups is 1. The van der Waals surface area contributed by atoms with Crippen molar-refractivity contribution < 1.29 is 18.3 Å². The SMILES string of the molecule is O=C1/C(=C/c2cc(Br)c(OCc3ccc(F)cc3)c(Br)c2)SC(=S)N1Cc1ccc(F)cc1. The van der Waals surface area contributed by atoms with Crippen molar-refractivity contribution in [2.75, 3.05) is 0 Å². The molecule has 0 atom stereocenters. The van der Waals surface area contributed by atoms with Crippen LogP contribution in [0.25, 0.3) is 6.08 Å². The molecule has 3 aromatic carbocycles. The molecule has 1 aliphatic heterocycles. The molecule has 0 bridgehead atoms. The van der Waals surface area contributed by atoms with Crippen molar-refractivity contribution in [3.8, 4) is 5.75 Å². The molecule has 1 saturated heterocycles. The molecule has 1 aliphatic rings. The van der Waals surface area contributed by atoms with Gasteiger partial charge in [-0.05, 0) is 91.0 Å². The van der Waals surface area contributed by atoms with Gasteiger partial charge >= 0.3 is 0 Å². The van der Waals surface area contributed by atoms with Gasteiger partial charge in [0.15, 0.2) is 0 Å². The topological polar surface area (TPSA) is 29.5 Å². The van der Waals surface area contributed by atoms with Crippen LogP contribution in [0.15, 0.2) is 74.5 Å². The van der Waals surface area contributed by atoms with E-state index in [0.29, 0.717) is 23.9 Å². The largest absolute Gasteiger partial charge is 0.487 e. The molecule has 4 rings (SSSR count). The zero-order chi connectivity index (χ0) is 23.5. The van der Waals surface area contributed by atoms with Gasteiger partial charge in [0.1, 0.15) is 28.3 Å². The highest BCUT2D eigenvalue weighted by Gasteiger charge is 2.32. The van der Waals surface area contributed by atoms with Gasteiger partial charge in [0, 0.05) is 0 Å². The number of rotatable bonds is 6. The summed E-state index contributed by atoms with van der Waals surface area (Å²) in [6.45, 7) is 0.560. The predicted octanol–water partition coefficient (Wildman–Crippen LogP) is 7.47. The Hall–Kier alpha value is -2.07. The molecule has 3 aromatic rings. The average Bonchev–Trinajstić information content (AvgIpc) is 3.03. The monoisotopic (exact) mass is 609 g/mol. The smallest absolute Gasteiger partial charge is 0.266 e. The van der Waals surface area contributed by atoms with Gasteiger partial charge in [-0.3, -0.25) is 9.69 Å². The third-order valence-corrected chi connectivity index (χ3v) is 7.30. The van der Waals surface area contributed by atoms with Crippen molar-refractivity contribution in [3.05, 3.63) is 103 Å². The van der Waals surface area contributed by atoms with E-state index in [1.54, 1.807) is 30.3 Å². The first-order chi connectivity index (χ1) is 15.8. The van der Waals surface area contributed by atoms with Gasteiger partial charge in [-0.1, -0.05) is 48.2 Å². The second kappa shape index (κ2) is 10.5. The molecule has 3 nitrogen and oxygen atoms in total. The van der Waals surface area contributed by atoms with Crippen LogP contribution in [-0.4, -0.2) is 15.1 Å². The zero-order valence-electron chi connectivity index (χ0n) is 16.9. The van der Waals surface area contributed by atoms with Gasteiger partial charge in [-0.15, -0.1) is 0 Å². The van der Waals surface area contributed by atoms with E-state index in [9.17, 15) is 13.6 Å². The maximum atomic E-state index is 13.2. The number of carbonyl (C=O) groups is 1. The molecule has 1 amide bonds. The summed E-state index contributed by atoms with van der Waals surface area (Å²) in [5, 5.41) is 0. The Kier molecular flexibility index (Phi) is 7.63. The van der Waals surface area contributed by atoms with Crippen molar-refractivity contribution in [2.45, 2.75) is 13.2 Å². The Morgan fingerprint density at radius 1 is 0.939 bits per heavy atom. The van der Waals surface area contributed by atoms with Gasteiger partial charge in [0.2, 0.25) is 0 Å². The van der Waals surface area contributed by atoms with Gasteiger partial charge in [-0.2, -0.15) is 0 Å². The summed E-state index contributed by atoms with van der Waals surface area (Å²) in [5.74, 6) is -0.225. The minimum absolute atomic E-state index is 0.196. The summed E-state index contributed by atoms with van der Waals surface area (Å²) in [6.07, 6.45) is 1.77. The molecular weight excluding hydrogens is 596 g/mol. The summed E-state index contributed by atoms with van der Waals surface area (Å²) in [7, 11) is 0. The number of nitrogens with zero attached hydrogens (tertiary/aromatic N) is 1. The summed E-state index contributed by atoms with van der Waals surface area (Å²) in [6, 6.07) is 15.8. The molecule has 168 valence electrons. The van der Waals surface area contributed by atoms with Gasteiger partial charge in [0.25, 0.3) is 5.91 Å². The fourth-order valence-corrected chi connectivity index (χ4v) is 5.80. The second-order valence-corrected chi connectivity index (χ2v) is 10.5. The van der Waals surface area contributed by atoms with Gasteiger partial charge in [-0.25, -0.2) is 8.78 Å². The molecule has 0 saturated carbocycles. The standard InChI is InChI=1S/C24H15Br2F2NO2S2/c25-19-9-16(10-20(26)22(19)31-13-15-3-7-18(28)8-4-15)11-21-23(30)29(24(32)33-21)12-14-1-5-17(27)6-2-14/h1-11H,12-13H2/b21-11-. The van der Waals surface area contributed by atoms with Gasteiger partial charge in [0.05, 0.1) is 20.4 Å². The molecule has 33 heavy (non-hydrogen) atoms. The number of halogens is 4. The van der Waals surface area contributed by atoms with E-state index in [2.05, 4.69) is 31.9 Å². The molecule has 0 radical (unpaired) electrons. The maximum Gasteiger partial charge on any atom is 0.266 e. The van der Waals surface area contributed by atoms with Crippen LogP contribution in [-0.2, 0) is 17.9 Å². The van der Waals surface area contributed by atoms with E-state index in [4.69, 9.17) is 17.0 Å². The van der Waals surface area contributed by atoms with E-state index in [-0.39, 0.29) is 30.7 Å². The van der Waals surface area contributed by atoms with Crippen LogP contribution in [0.2, 0.25) is 0 Å². The Morgan fingerprint density at radius 3 is 2.06 bits per heavy atom. The molecule has 1 fully saturated rings. The maximum absolute atomic E-state index is 13.2. The van der Waals surface area contributed by atoms with E-state index in [1.165, 1.54) is 40.9 Å². The summed E-state index contributed by atoms with van der Waals surface area (Å²) >= 11 is 13.7. The van der Waals surface area contributed by atoms with Crippen molar-refractivity contribution >= 4 is 72.1 Å². The number of amides is 1. The predicted molar refractivity (Wildman–Crippen MR) is 138 cm³/mol. The Balaban J connectivity index is 1.49. The van der Waals surface area contributed by atoms with E-state index >= 15 is 0 Å². The minimum Gasteiger partial charge on any atom is -0.487 e. The molecule has 9 heteroatoms. The summed E-state index contributed by atoms with van der Waals surface area (Å²) in [4.78, 5) is 14.9. The van der Waals surface area contributed by atoms with E-state index < -0.39 is 0 Å². The molecule has 1 heterocycles. The zero-order valence-corrected chi connectivity index (χ0v) is 21.7. The van der Waals surface area contributed by atoms with Crippen molar-refractivity contribution in [1.29, 1.82) is 0 Å². The highest BCUT2D eigenvalue weighted by atomic mass is 79.9. The summed E-state index contributed by atoms with van der Waals surface area (Å²) < 4.78 is 34.0. The normalized spacial score (nSPS) is 14.9. The van der Waals surface area contributed by atoms with Crippen LogP contribution in [0, 0.1) is 11.6 Å². The van der Waals surface area contributed by atoms with E-state index in [1.807, 2.05) is 12.1 Å². The lowest BCUT2D eigenvalue weighted by Crippen LogP contribution is -2.27. The fraction of sp³-hybridized carbons (Fsp3) is 0.0833. The lowest BCUT2D eigenvalue weighted by Gasteiger charge is -2.14. The Bertz CT molecular complexity index is 1230. The Morgan fingerprint density at radius 2 is 1.48 bits per heavy atom. The molecule has 0 unspecified atom stereocenters. The third kappa shape index (κ3) is 5.90. The first kappa shape index (κ1) is 24.1. The first-order valence-electron chi connectivity index (χ1n) is 9.66. The Labute approximate surface area is 216 Å². The van der Waals surface area contributed by atoms with Crippen LogP contribution < -0.4 is 4.74 Å². The minimum atomic E-state index is -0.328. The molecule has 0 aliphatic carbocycles. The highest BCUT2D eigenvalue weighted by molar-refractivity contribution is 9.11. The number of hydrogen-bond donors (Lipinski definition) is 0. The fourth-order valence-electron chi connectivity index (χ4n) is 3.10. The molecule has 0 spiro atoms. The second-order valence-electron chi connectivity index (χ2n) is 7.12. The number of ether oxygens (including phenoxy) is 1. The van der Waals surface area contributed by atoms with Gasteiger partial charge < -0.3 is 4.74 Å². The number of carbonyl (C=O) groups excluding carboxylic acids is 1. The number of thiocarbonyl (C=S) groups is 1. The molecular formula is C24H15Br2F2NO2S2. The quantitative estimate of drug-likeness (QED) is 0.214. The lowest BCUT2D eigenvalue weighted by molar-refractivity contribution is -0.122. The summed E-state index contributed by atoms with van der Waals surface area (Å²) in [5.41, 5.74) is 2.41. The van der Waals surface area contributed by atoms with Crippen LogP contribution in [0.3, 0.4) is 0 Å². The van der Waals surface area contributed by atoms with Crippen molar-refractivity contribution in [2.24, 2.45) is 0 Å². The van der Waals surface area contributed by atoms with Crippen LogP contribution >= 0.6 is 55.8 Å². The van der Waals surface area contributed by atoms with Crippen LogP contribution in [0.4, 0.5) is 8.78 Å².